The number of hydrogen-bond acceptors (Lipinski definition) is 4. The predicted octanol–water partition coefficient (Wildman–Crippen LogP) is 3.07. The molecule has 0 saturated heterocycles. The topological polar surface area (TPSA) is 79.5 Å². The van der Waals surface area contributed by atoms with E-state index in [-0.39, 0.29) is 19.1 Å². The van der Waals surface area contributed by atoms with Gasteiger partial charge in [0, 0.05) is 5.69 Å². The Hall–Kier alpha value is -3.02. The van der Waals surface area contributed by atoms with Crippen molar-refractivity contribution >= 4 is 17.5 Å². The number of amides is 2. The molecule has 6 heteroatoms. The van der Waals surface area contributed by atoms with Crippen molar-refractivity contribution in [2.75, 3.05) is 18.5 Å². The summed E-state index contributed by atoms with van der Waals surface area (Å²) in [6.45, 7) is 8.16. The molecule has 0 aliphatic carbocycles. The Balaban J connectivity index is 1.70. The molecule has 0 aliphatic rings. The molecule has 0 fully saturated rings. The second kappa shape index (κ2) is 9.62. The van der Waals surface area contributed by atoms with E-state index < -0.39 is 5.91 Å². The summed E-state index contributed by atoms with van der Waals surface area (Å²) in [5.41, 5.74) is 9.05. The summed E-state index contributed by atoms with van der Waals surface area (Å²) >= 11 is 0. The van der Waals surface area contributed by atoms with Gasteiger partial charge in [0.2, 0.25) is 0 Å². The van der Waals surface area contributed by atoms with Gasteiger partial charge in [-0.1, -0.05) is 37.6 Å². The molecule has 0 heterocycles. The minimum absolute atomic E-state index is 0.0556. The lowest BCUT2D eigenvalue weighted by molar-refractivity contribution is -0.129. The van der Waals surface area contributed by atoms with E-state index in [1.165, 1.54) is 5.56 Å². The summed E-state index contributed by atoms with van der Waals surface area (Å²) in [7, 11) is 0. The maximum atomic E-state index is 11.8. The van der Waals surface area contributed by atoms with E-state index in [1.807, 2.05) is 56.3 Å². The molecule has 0 aromatic heterocycles. The number of carbonyl (C=O) groups excluding carboxylic acids is 2. The van der Waals surface area contributed by atoms with E-state index in [2.05, 4.69) is 30.0 Å². The maximum absolute atomic E-state index is 11.8. The fraction of sp³-hybridized carbons (Fsp3) is 0.333. The molecule has 6 nitrogen and oxygen atoms in total. The molecule has 2 aromatic carbocycles. The molecule has 0 saturated carbocycles. The van der Waals surface area contributed by atoms with Gasteiger partial charge in [0.15, 0.2) is 6.61 Å². The average Bonchev–Trinajstić information content (AvgIpc) is 2.64. The predicted molar refractivity (Wildman–Crippen MR) is 107 cm³/mol. The van der Waals surface area contributed by atoms with Gasteiger partial charge in [-0.2, -0.15) is 0 Å². The number of anilines is 1. The van der Waals surface area contributed by atoms with Crippen molar-refractivity contribution in [2.24, 2.45) is 0 Å². The summed E-state index contributed by atoms with van der Waals surface area (Å²) in [4.78, 5) is 23.6. The molecule has 144 valence electrons. The number of rotatable bonds is 7. The largest absolute Gasteiger partial charge is 0.484 e. The number of carbonyl (C=O) groups is 2. The number of benzene rings is 2. The van der Waals surface area contributed by atoms with Gasteiger partial charge in [-0.05, 0) is 55.2 Å². The van der Waals surface area contributed by atoms with Gasteiger partial charge >= 0.3 is 0 Å². The molecule has 27 heavy (non-hydrogen) atoms. The van der Waals surface area contributed by atoms with Crippen LogP contribution in [-0.4, -0.2) is 25.0 Å². The number of aryl methyl sites for hydroxylation is 2. The SMILES string of the molecule is Cc1ccc(NCC(=O)NNC(=O)COc2ccc(C(C)C)c(C)c2)cc1. The fourth-order valence-corrected chi connectivity index (χ4v) is 2.61. The molecular formula is C21H27N3O3. The van der Waals surface area contributed by atoms with Gasteiger partial charge in [-0.3, -0.25) is 20.4 Å². The Morgan fingerprint density at radius 1 is 0.963 bits per heavy atom. The molecule has 0 unspecified atom stereocenters. The highest BCUT2D eigenvalue weighted by molar-refractivity contribution is 5.85. The zero-order valence-electron chi connectivity index (χ0n) is 16.3. The second-order valence-corrected chi connectivity index (χ2v) is 6.78. The smallest absolute Gasteiger partial charge is 0.276 e. The first-order chi connectivity index (χ1) is 12.8. The van der Waals surface area contributed by atoms with Gasteiger partial charge in [0.1, 0.15) is 5.75 Å². The van der Waals surface area contributed by atoms with E-state index in [0.717, 1.165) is 16.8 Å². The van der Waals surface area contributed by atoms with Crippen molar-refractivity contribution in [1.82, 2.24) is 10.9 Å². The van der Waals surface area contributed by atoms with Gasteiger partial charge < -0.3 is 10.1 Å². The number of ether oxygens (including phenoxy) is 1. The van der Waals surface area contributed by atoms with Crippen LogP contribution < -0.4 is 20.9 Å². The third-order valence-electron chi connectivity index (χ3n) is 4.08. The van der Waals surface area contributed by atoms with Gasteiger partial charge in [-0.15, -0.1) is 0 Å². The van der Waals surface area contributed by atoms with Crippen molar-refractivity contribution in [3.05, 3.63) is 59.2 Å². The normalized spacial score (nSPS) is 10.4. The fourth-order valence-electron chi connectivity index (χ4n) is 2.61. The van der Waals surface area contributed by atoms with Gasteiger partial charge in [-0.25, -0.2) is 0 Å². The highest BCUT2D eigenvalue weighted by Gasteiger charge is 2.08. The molecule has 0 radical (unpaired) electrons. The zero-order chi connectivity index (χ0) is 19.8. The molecule has 2 aromatic rings. The van der Waals surface area contributed by atoms with Crippen molar-refractivity contribution in [1.29, 1.82) is 0 Å². The number of nitrogens with one attached hydrogen (secondary N) is 3. The summed E-state index contributed by atoms with van der Waals surface area (Å²) in [6, 6.07) is 13.4. The molecule has 2 rings (SSSR count). The van der Waals surface area contributed by atoms with Gasteiger partial charge in [0.05, 0.1) is 6.54 Å². The highest BCUT2D eigenvalue weighted by Crippen LogP contribution is 2.23. The van der Waals surface area contributed by atoms with E-state index in [9.17, 15) is 9.59 Å². The van der Waals surface area contributed by atoms with E-state index in [0.29, 0.717) is 11.7 Å². The molecule has 0 spiro atoms. The van der Waals surface area contributed by atoms with Crippen LogP contribution in [0.3, 0.4) is 0 Å². The standard InChI is InChI=1S/C21H27N3O3/c1-14(2)19-10-9-18(11-16(19)4)27-13-21(26)24-23-20(25)12-22-17-7-5-15(3)6-8-17/h5-11,14,22H,12-13H2,1-4H3,(H,23,25)(H,24,26). The summed E-state index contributed by atoms with van der Waals surface area (Å²) in [5, 5.41) is 2.98. The van der Waals surface area contributed by atoms with E-state index in [4.69, 9.17) is 4.74 Å². The molecule has 0 aliphatic heterocycles. The first-order valence-electron chi connectivity index (χ1n) is 8.96. The third-order valence-corrected chi connectivity index (χ3v) is 4.08. The number of hydrazine groups is 1. The van der Waals surface area contributed by atoms with Crippen LogP contribution in [-0.2, 0) is 9.59 Å². The Morgan fingerprint density at radius 2 is 1.63 bits per heavy atom. The Bertz CT molecular complexity index is 786. The van der Waals surface area contributed by atoms with Crippen LogP contribution in [0.4, 0.5) is 5.69 Å². The van der Waals surface area contributed by atoms with Gasteiger partial charge in [0.25, 0.3) is 11.8 Å². The monoisotopic (exact) mass is 369 g/mol. The summed E-state index contributed by atoms with van der Waals surface area (Å²) in [6.07, 6.45) is 0. The molecule has 0 atom stereocenters. The van der Waals surface area contributed by atoms with E-state index in [1.54, 1.807) is 0 Å². The van der Waals surface area contributed by atoms with Crippen molar-refractivity contribution in [2.45, 2.75) is 33.6 Å². The molecule has 3 N–H and O–H groups in total. The first-order valence-corrected chi connectivity index (χ1v) is 8.96. The van der Waals surface area contributed by atoms with E-state index >= 15 is 0 Å². The second-order valence-electron chi connectivity index (χ2n) is 6.78. The van der Waals surface area contributed by atoms with Crippen LogP contribution in [0.25, 0.3) is 0 Å². The molecular weight excluding hydrogens is 342 g/mol. The van der Waals surface area contributed by atoms with Crippen LogP contribution >= 0.6 is 0 Å². The summed E-state index contributed by atoms with van der Waals surface area (Å²) < 4.78 is 5.48. The lowest BCUT2D eigenvalue weighted by Gasteiger charge is -2.13. The molecule has 0 bridgehead atoms. The van der Waals surface area contributed by atoms with Crippen LogP contribution in [0, 0.1) is 13.8 Å². The molecule has 2 amide bonds. The highest BCUT2D eigenvalue weighted by atomic mass is 16.5. The minimum Gasteiger partial charge on any atom is -0.484 e. The summed E-state index contributed by atoms with van der Waals surface area (Å²) in [5.74, 6) is 0.288. The minimum atomic E-state index is -0.427. The first kappa shape index (κ1) is 20.3. The van der Waals surface area contributed by atoms with Crippen molar-refractivity contribution in [3.63, 3.8) is 0 Å². The van der Waals surface area contributed by atoms with Crippen LogP contribution in [0.5, 0.6) is 5.75 Å². The maximum Gasteiger partial charge on any atom is 0.276 e. The Labute approximate surface area is 160 Å². The number of hydrogen-bond donors (Lipinski definition) is 3. The Kier molecular flexibility index (Phi) is 7.23. The quantitative estimate of drug-likeness (QED) is 0.656. The van der Waals surface area contributed by atoms with Crippen LogP contribution in [0.2, 0.25) is 0 Å². The van der Waals surface area contributed by atoms with Crippen molar-refractivity contribution in [3.8, 4) is 5.75 Å². The lowest BCUT2D eigenvalue weighted by Crippen LogP contribution is -2.45. The average molecular weight is 369 g/mol. The Morgan fingerprint density at radius 3 is 2.26 bits per heavy atom. The van der Waals surface area contributed by atoms with Crippen LogP contribution in [0.1, 0.15) is 36.5 Å². The third kappa shape index (κ3) is 6.66. The van der Waals surface area contributed by atoms with Crippen LogP contribution in [0.15, 0.2) is 42.5 Å². The lowest BCUT2D eigenvalue weighted by atomic mass is 9.98. The zero-order valence-corrected chi connectivity index (χ0v) is 16.3. The van der Waals surface area contributed by atoms with Crippen molar-refractivity contribution < 1.29 is 14.3 Å².